The number of amides is 1. The highest BCUT2D eigenvalue weighted by atomic mass is 32.1. The smallest absolute Gasteiger partial charge is 0.225 e. The number of carbonyl (C=O) groups is 1. The van der Waals surface area contributed by atoms with Gasteiger partial charge in [-0.3, -0.25) is 9.48 Å². The summed E-state index contributed by atoms with van der Waals surface area (Å²) in [5.41, 5.74) is 12.3. The number of primary amides is 1. The second-order valence-electron chi connectivity index (χ2n) is 5.37. The lowest BCUT2D eigenvalue weighted by Crippen LogP contribution is -2.37. The quantitative estimate of drug-likeness (QED) is 0.765. The van der Waals surface area contributed by atoms with Crippen LogP contribution in [0, 0.1) is 12.3 Å². The predicted molar refractivity (Wildman–Crippen MR) is 78.0 cm³/mol. The van der Waals surface area contributed by atoms with E-state index in [1.165, 1.54) is 0 Å². The molecule has 1 aromatic rings. The molecule has 1 atom stereocenters. The first-order chi connectivity index (χ1) is 8.76. The number of aromatic nitrogens is 2. The summed E-state index contributed by atoms with van der Waals surface area (Å²) in [5, 5.41) is 4.36. The third-order valence-corrected chi connectivity index (χ3v) is 4.01. The molecule has 0 spiro atoms. The topological polar surface area (TPSA) is 90.2 Å². The highest BCUT2D eigenvalue weighted by Gasteiger charge is 2.40. The maximum absolute atomic E-state index is 11.5. The standard InChI is InChI=1S/C12H19N5OS/c1-7-8(9(13)19)10(16(3)15-7)17-5-4-12(2,6-17)11(14)18/h4-6H2,1-3H3,(H2,13,19)(H2,14,18). The third-order valence-electron chi connectivity index (χ3n) is 3.81. The van der Waals surface area contributed by atoms with Crippen LogP contribution in [-0.4, -0.2) is 33.8 Å². The molecule has 6 nitrogen and oxygen atoms in total. The Hall–Kier alpha value is -1.63. The maximum Gasteiger partial charge on any atom is 0.225 e. The van der Waals surface area contributed by atoms with Crippen LogP contribution in [0.5, 0.6) is 0 Å². The zero-order valence-corrected chi connectivity index (χ0v) is 12.3. The lowest BCUT2D eigenvalue weighted by molar-refractivity contribution is -0.125. The predicted octanol–water partition coefficient (Wildman–Crippen LogP) is 0.0644. The molecule has 2 rings (SSSR count). The van der Waals surface area contributed by atoms with E-state index in [2.05, 4.69) is 10.00 Å². The van der Waals surface area contributed by atoms with Crippen LogP contribution in [0.15, 0.2) is 0 Å². The molecule has 0 radical (unpaired) electrons. The fourth-order valence-corrected chi connectivity index (χ4v) is 2.88. The van der Waals surface area contributed by atoms with E-state index in [-0.39, 0.29) is 5.91 Å². The fraction of sp³-hybridized carbons (Fsp3) is 0.583. The minimum Gasteiger partial charge on any atom is -0.389 e. The molecule has 1 aliphatic rings. The Morgan fingerprint density at radius 2 is 2.11 bits per heavy atom. The second-order valence-corrected chi connectivity index (χ2v) is 5.81. The summed E-state index contributed by atoms with van der Waals surface area (Å²) >= 11 is 5.10. The first kappa shape index (κ1) is 13.8. The molecule has 0 aromatic carbocycles. The van der Waals surface area contributed by atoms with Crippen LogP contribution in [0.3, 0.4) is 0 Å². The lowest BCUT2D eigenvalue weighted by atomic mass is 9.89. The number of hydrogen-bond acceptors (Lipinski definition) is 4. The number of thiocarbonyl (C=S) groups is 1. The molecule has 1 amide bonds. The summed E-state index contributed by atoms with van der Waals surface area (Å²) in [4.78, 5) is 13.9. The van der Waals surface area contributed by atoms with E-state index in [1.807, 2.05) is 20.9 Å². The molecule has 7 heteroatoms. The number of hydrogen-bond donors (Lipinski definition) is 2. The van der Waals surface area contributed by atoms with Gasteiger partial charge in [-0.1, -0.05) is 12.2 Å². The summed E-state index contributed by atoms with van der Waals surface area (Å²) in [6.45, 7) is 5.07. The Kier molecular flexibility index (Phi) is 3.25. The number of nitrogens with two attached hydrogens (primary N) is 2. The Morgan fingerprint density at radius 3 is 2.58 bits per heavy atom. The maximum atomic E-state index is 11.5. The Morgan fingerprint density at radius 1 is 1.47 bits per heavy atom. The molecule has 19 heavy (non-hydrogen) atoms. The zero-order valence-electron chi connectivity index (χ0n) is 11.4. The molecule has 1 fully saturated rings. The van der Waals surface area contributed by atoms with E-state index in [4.69, 9.17) is 23.7 Å². The van der Waals surface area contributed by atoms with E-state index >= 15 is 0 Å². The van der Waals surface area contributed by atoms with E-state index in [1.54, 1.807) is 4.68 Å². The van der Waals surface area contributed by atoms with Gasteiger partial charge in [-0.15, -0.1) is 0 Å². The van der Waals surface area contributed by atoms with Crippen molar-refractivity contribution in [3.05, 3.63) is 11.3 Å². The lowest BCUT2D eigenvalue weighted by Gasteiger charge is -2.23. The molecule has 1 unspecified atom stereocenters. The van der Waals surface area contributed by atoms with Gasteiger partial charge in [-0.2, -0.15) is 5.10 Å². The van der Waals surface area contributed by atoms with Gasteiger partial charge >= 0.3 is 0 Å². The minimum atomic E-state index is -0.508. The average molecular weight is 281 g/mol. The first-order valence-corrected chi connectivity index (χ1v) is 6.55. The molecular formula is C12H19N5OS. The van der Waals surface area contributed by atoms with Gasteiger partial charge in [-0.05, 0) is 20.3 Å². The molecule has 0 bridgehead atoms. The molecule has 1 saturated heterocycles. The summed E-state index contributed by atoms with van der Waals surface area (Å²) in [5.74, 6) is 0.598. The van der Waals surface area contributed by atoms with E-state index in [9.17, 15) is 4.79 Å². The summed E-state index contributed by atoms with van der Waals surface area (Å²) in [7, 11) is 1.85. The summed E-state index contributed by atoms with van der Waals surface area (Å²) in [6.07, 6.45) is 0.726. The molecule has 0 aliphatic carbocycles. The van der Waals surface area contributed by atoms with Gasteiger partial charge < -0.3 is 16.4 Å². The van der Waals surface area contributed by atoms with Crippen LogP contribution in [0.2, 0.25) is 0 Å². The highest BCUT2D eigenvalue weighted by Crippen LogP contribution is 2.35. The van der Waals surface area contributed by atoms with Gasteiger partial charge in [0.2, 0.25) is 5.91 Å². The van der Waals surface area contributed by atoms with Crippen molar-refractivity contribution in [3.8, 4) is 0 Å². The highest BCUT2D eigenvalue weighted by molar-refractivity contribution is 7.80. The van der Waals surface area contributed by atoms with Gasteiger partial charge in [0.15, 0.2) is 0 Å². The SMILES string of the molecule is Cc1nn(C)c(N2CCC(C)(C(N)=O)C2)c1C(N)=S. The van der Waals surface area contributed by atoms with Crippen molar-refractivity contribution >= 4 is 28.9 Å². The Balaban J connectivity index is 2.40. The van der Waals surface area contributed by atoms with Crippen molar-refractivity contribution in [2.75, 3.05) is 18.0 Å². The van der Waals surface area contributed by atoms with Crippen LogP contribution in [0.4, 0.5) is 5.82 Å². The largest absolute Gasteiger partial charge is 0.389 e. The summed E-state index contributed by atoms with van der Waals surface area (Å²) in [6, 6.07) is 0. The van der Waals surface area contributed by atoms with Crippen molar-refractivity contribution in [2.45, 2.75) is 20.3 Å². The number of nitrogens with zero attached hydrogens (tertiary/aromatic N) is 3. The third kappa shape index (κ3) is 2.18. The molecule has 4 N–H and O–H groups in total. The van der Waals surface area contributed by atoms with Gasteiger partial charge in [-0.25, -0.2) is 0 Å². The van der Waals surface area contributed by atoms with Crippen molar-refractivity contribution < 1.29 is 4.79 Å². The Labute approximate surface area is 117 Å². The van der Waals surface area contributed by atoms with Gasteiger partial charge in [0.05, 0.1) is 16.7 Å². The monoisotopic (exact) mass is 281 g/mol. The normalized spacial score (nSPS) is 22.8. The van der Waals surface area contributed by atoms with Crippen molar-refractivity contribution in [3.63, 3.8) is 0 Å². The first-order valence-electron chi connectivity index (χ1n) is 6.14. The average Bonchev–Trinajstić information content (AvgIpc) is 2.80. The molecule has 0 saturated carbocycles. The van der Waals surface area contributed by atoms with Gasteiger partial charge in [0, 0.05) is 20.1 Å². The fourth-order valence-electron chi connectivity index (χ4n) is 2.64. The van der Waals surface area contributed by atoms with Crippen molar-refractivity contribution in [1.82, 2.24) is 9.78 Å². The number of carbonyl (C=O) groups excluding carboxylic acids is 1. The van der Waals surface area contributed by atoms with Crippen LogP contribution >= 0.6 is 12.2 Å². The molecular weight excluding hydrogens is 262 g/mol. The summed E-state index contributed by atoms with van der Waals surface area (Å²) < 4.78 is 1.76. The van der Waals surface area contributed by atoms with E-state index in [0.717, 1.165) is 30.0 Å². The van der Waals surface area contributed by atoms with Crippen LogP contribution < -0.4 is 16.4 Å². The number of rotatable bonds is 3. The van der Waals surface area contributed by atoms with E-state index in [0.29, 0.717) is 11.5 Å². The zero-order chi connectivity index (χ0) is 14.4. The second kappa shape index (κ2) is 4.48. The van der Waals surface area contributed by atoms with Gasteiger partial charge in [0.1, 0.15) is 10.8 Å². The molecule has 1 aromatic heterocycles. The van der Waals surface area contributed by atoms with Gasteiger partial charge in [0.25, 0.3) is 0 Å². The number of aryl methyl sites for hydroxylation is 2. The van der Waals surface area contributed by atoms with Crippen molar-refractivity contribution in [1.29, 1.82) is 0 Å². The number of anilines is 1. The molecule has 2 heterocycles. The minimum absolute atomic E-state index is 0.272. The van der Waals surface area contributed by atoms with Crippen LogP contribution in [0.1, 0.15) is 24.6 Å². The Bertz CT molecular complexity index is 553. The van der Waals surface area contributed by atoms with Crippen LogP contribution in [-0.2, 0) is 11.8 Å². The van der Waals surface area contributed by atoms with Crippen molar-refractivity contribution in [2.24, 2.45) is 23.9 Å². The van der Waals surface area contributed by atoms with Crippen LogP contribution in [0.25, 0.3) is 0 Å². The molecule has 104 valence electrons. The van der Waals surface area contributed by atoms with E-state index < -0.39 is 5.41 Å². The molecule has 1 aliphatic heterocycles.